The van der Waals surface area contributed by atoms with Crippen molar-refractivity contribution in [3.63, 3.8) is 0 Å². The number of carbonyl (C=O) groups is 2. The first kappa shape index (κ1) is 23.6. The zero-order valence-corrected chi connectivity index (χ0v) is 19.2. The van der Waals surface area contributed by atoms with E-state index in [1.807, 2.05) is 12.1 Å². The van der Waals surface area contributed by atoms with Gasteiger partial charge in [-0.05, 0) is 57.5 Å². The third-order valence-electron chi connectivity index (χ3n) is 5.46. The van der Waals surface area contributed by atoms with Crippen molar-refractivity contribution in [2.75, 3.05) is 4.90 Å². The summed E-state index contributed by atoms with van der Waals surface area (Å²) in [6.07, 6.45) is -4.78. The van der Waals surface area contributed by atoms with E-state index >= 15 is 0 Å². The Morgan fingerprint density at radius 3 is 2.56 bits per heavy atom. The first-order valence-corrected chi connectivity index (χ1v) is 10.8. The van der Waals surface area contributed by atoms with Gasteiger partial charge in [0.2, 0.25) is 5.91 Å². The normalized spacial score (nSPS) is 16.9. The smallest absolute Gasteiger partial charge is 0.416 e. The molecule has 2 heterocycles. The van der Waals surface area contributed by atoms with E-state index in [9.17, 15) is 22.8 Å². The largest absolute Gasteiger partial charge is 0.444 e. The zero-order chi connectivity index (χ0) is 24.8. The lowest BCUT2D eigenvalue weighted by Crippen LogP contribution is -2.48. The summed E-state index contributed by atoms with van der Waals surface area (Å²) >= 11 is 0. The summed E-state index contributed by atoms with van der Waals surface area (Å²) in [4.78, 5) is 34.6. The van der Waals surface area contributed by atoms with Crippen LogP contribution in [-0.4, -0.2) is 33.6 Å². The van der Waals surface area contributed by atoms with E-state index in [2.05, 4.69) is 15.3 Å². The van der Waals surface area contributed by atoms with E-state index < -0.39 is 41.4 Å². The number of nitrogens with zero attached hydrogens (tertiary/aromatic N) is 2. The SMILES string of the molecule is CC(NC(=O)OC(C)(C)C)C(=O)N1c2ccccc2CC1c1nc2cc(C(F)(F)F)ccc2[nH]1. The molecule has 3 aromatic rings. The van der Waals surface area contributed by atoms with Crippen LogP contribution in [0.25, 0.3) is 11.0 Å². The molecule has 0 aliphatic carbocycles. The van der Waals surface area contributed by atoms with Crippen molar-refractivity contribution >= 4 is 28.7 Å². The van der Waals surface area contributed by atoms with Crippen LogP contribution in [0.2, 0.25) is 0 Å². The Morgan fingerprint density at radius 2 is 1.88 bits per heavy atom. The lowest BCUT2D eigenvalue weighted by Gasteiger charge is -2.28. The van der Waals surface area contributed by atoms with Gasteiger partial charge in [-0.25, -0.2) is 9.78 Å². The van der Waals surface area contributed by atoms with Crippen LogP contribution in [0.4, 0.5) is 23.7 Å². The number of benzene rings is 2. The number of nitrogens with one attached hydrogen (secondary N) is 2. The number of amides is 2. The van der Waals surface area contributed by atoms with Gasteiger partial charge in [0, 0.05) is 12.1 Å². The van der Waals surface area contributed by atoms with Crippen molar-refractivity contribution in [2.45, 2.75) is 58.0 Å². The number of anilines is 1. The van der Waals surface area contributed by atoms with Crippen LogP contribution in [0, 0.1) is 0 Å². The second-order valence-electron chi connectivity index (χ2n) is 9.28. The average molecular weight is 474 g/mol. The summed E-state index contributed by atoms with van der Waals surface area (Å²) < 4.78 is 44.6. The van der Waals surface area contributed by atoms with Crippen molar-refractivity contribution in [3.05, 3.63) is 59.4 Å². The van der Waals surface area contributed by atoms with E-state index in [0.29, 0.717) is 23.4 Å². The molecule has 2 amide bonds. The number of hydrogen-bond donors (Lipinski definition) is 2. The third-order valence-corrected chi connectivity index (χ3v) is 5.46. The fourth-order valence-corrected chi connectivity index (χ4v) is 3.99. The molecule has 0 bridgehead atoms. The van der Waals surface area contributed by atoms with Gasteiger partial charge in [-0.3, -0.25) is 9.69 Å². The summed E-state index contributed by atoms with van der Waals surface area (Å²) in [5.74, 6) is -0.0272. The van der Waals surface area contributed by atoms with Gasteiger partial charge >= 0.3 is 12.3 Å². The van der Waals surface area contributed by atoms with E-state index in [-0.39, 0.29) is 5.52 Å². The van der Waals surface area contributed by atoms with Gasteiger partial charge in [0.15, 0.2) is 0 Å². The Kier molecular flexibility index (Phi) is 5.79. The summed E-state index contributed by atoms with van der Waals surface area (Å²) in [6, 6.07) is 9.13. The van der Waals surface area contributed by atoms with Gasteiger partial charge in [-0.2, -0.15) is 13.2 Å². The highest BCUT2D eigenvalue weighted by molar-refractivity contribution is 6.01. The minimum absolute atomic E-state index is 0.160. The number of para-hydroxylation sites is 1. The van der Waals surface area contributed by atoms with Crippen molar-refractivity contribution in [2.24, 2.45) is 0 Å². The first-order chi connectivity index (χ1) is 15.8. The highest BCUT2D eigenvalue weighted by atomic mass is 19.4. The molecule has 4 rings (SSSR count). The maximum absolute atomic E-state index is 13.5. The highest BCUT2D eigenvalue weighted by Crippen LogP contribution is 2.40. The number of imidazole rings is 1. The Bertz CT molecular complexity index is 1250. The predicted molar refractivity (Wildman–Crippen MR) is 120 cm³/mol. The number of aromatic nitrogens is 2. The molecular formula is C24H25F3N4O3. The lowest BCUT2D eigenvalue weighted by atomic mass is 10.1. The Morgan fingerprint density at radius 1 is 1.18 bits per heavy atom. The van der Waals surface area contributed by atoms with Gasteiger partial charge in [0.05, 0.1) is 22.6 Å². The lowest BCUT2D eigenvalue weighted by molar-refractivity contribution is -0.137. The number of fused-ring (bicyclic) bond motifs is 2. The maximum Gasteiger partial charge on any atom is 0.416 e. The Balaban J connectivity index is 1.66. The number of ether oxygens (including phenoxy) is 1. The monoisotopic (exact) mass is 474 g/mol. The molecule has 180 valence electrons. The van der Waals surface area contributed by atoms with Crippen LogP contribution in [0.1, 0.15) is 50.7 Å². The van der Waals surface area contributed by atoms with Gasteiger partial charge in [0.25, 0.3) is 0 Å². The van der Waals surface area contributed by atoms with Crippen molar-refractivity contribution in [1.29, 1.82) is 0 Å². The summed E-state index contributed by atoms with van der Waals surface area (Å²) in [5, 5.41) is 2.56. The van der Waals surface area contributed by atoms with Gasteiger partial charge in [-0.15, -0.1) is 0 Å². The van der Waals surface area contributed by atoms with E-state index in [1.165, 1.54) is 11.0 Å². The second-order valence-corrected chi connectivity index (χ2v) is 9.28. The number of rotatable bonds is 3. The predicted octanol–water partition coefficient (Wildman–Crippen LogP) is 5.13. The third kappa shape index (κ3) is 4.71. The summed E-state index contributed by atoms with van der Waals surface area (Å²) in [6.45, 7) is 6.71. The second kappa shape index (κ2) is 8.34. The number of H-pyrrole nitrogens is 1. The fourth-order valence-electron chi connectivity index (χ4n) is 3.99. The summed E-state index contributed by atoms with van der Waals surface area (Å²) in [5.41, 5.74) is 0.628. The van der Waals surface area contributed by atoms with Gasteiger partial charge in [-0.1, -0.05) is 18.2 Å². The molecule has 0 saturated carbocycles. The quantitative estimate of drug-likeness (QED) is 0.551. The topological polar surface area (TPSA) is 87.3 Å². The molecule has 0 radical (unpaired) electrons. The van der Waals surface area contributed by atoms with Crippen molar-refractivity contribution in [3.8, 4) is 0 Å². The molecule has 2 aromatic carbocycles. The van der Waals surface area contributed by atoms with Crippen molar-refractivity contribution < 1.29 is 27.5 Å². The molecule has 0 saturated heterocycles. The van der Waals surface area contributed by atoms with E-state index in [0.717, 1.165) is 17.7 Å². The molecule has 1 aliphatic heterocycles. The standard InChI is InChI=1S/C24H25F3N4O3/c1-13(28-22(33)34-23(2,3)4)21(32)31-18-8-6-5-7-14(18)11-19(31)20-29-16-10-9-15(24(25,26)27)12-17(16)30-20/h5-10,12-13,19H,11H2,1-4H3,(H,28,33)(H,29,30). The van der Waals surface area contributed by atoms with Crippen LogP contribution in [0.15, 0.2) is 42.5 Å². The Labute approximate surface area is 194 Å². The number of halogens is 3. The van der Waals surface area contributed by atoms with E-state index in [4.69, 9.17) is 4.74 Å². The van der Waals surface area contributed by atoms with Crippen LogP contribution < -0.4 is 10.2 Å². The molecule has 7 nitrogen and oxygen atoms in total. The number of carbonyl (C=O) groups excluding carboxylic acids is 2. The van der Waals surface area contributed by atoms with Crippen LogP contribution in [-0.2, 0) is 22.1 Å². The molecule has 2 N–H and O–H groups in total. The van der Waals surface area contributed by atoms with Gasteiger partial charge in [0.1, 0.15) is 17.5 Å². The van der Waals surface area contributed by atoms with Crippen LogP contribution >= 0.6 is 0 Å². The molecule has 2 unspecified atom stereocenters. The summed E-state index contributed by atoms with van der Waals surface area (Å²) in [7, 11) is 0. The minimum atomic E-state index is -4.48. The molecule has 10 heteroatoms. The Hall–Kier alpha value is -3.56. The number of alkyl carbamates (subject to hydrolysis) is 1. The van der Waals surface area contributed by atoms with Crippen LogP contribution in [0.3, 0.4) is 0 Å². The number of hydrogen-bond acceptors (Lipinski definition) is 4. The van der Waals surface area contributed by atoms with E-state index in [1.54, 1.807) is 39.8 Å². The van der Waals surface area contributed by atoms with Gasteiger partial charge < -0.3 is 15.0 Å². The number of alkyl halides is 3. The molecule has 1 aliphatic rings. The number of aromatic amines is 1. The molecule has 1 aromatic heterocycles. The fraction of sp³-hybridized carbons (Fsp3) is 0.375. The first-order valence-electron chi connectivity index (χ1n) is 10.8. The van der Waals surface area contributed by atoms with Crippen molar-refractivity contribution in [1.82, 2.24) is 15.3 Å². The molecule has 34 heavy (non-hydrogen) atoms. The zero-order valence-electron chi connectivity index (χ0n) is 19.2. The molecular weight excluding hydrogens is 449 g/mol. The highest BCUT2D eigenvalue weighted by Gasteiger charge is 2.39. The van der Waals surface area contributed by atoms with Crippen LogP contribution in [0.5, 0.6) is 0 Å². The molecule has 2 atom stereocenters. The molecule has 0 spiro atoms. The minimum Gasteiger partial charge on any atom is -0.444 e. The molecule has 0 fully saturated rings. The average Bonchev–Trinajstić information content (AvgIpc) is 3.31. The maximum atomic E-state index is 13.5.